The molecule has 0 spiro atoms. The van der Waals surface area contributed by atoms with Crippen molar-refractivity contribution in [3.05, 3.63) is 109 Å². The highest BCUT2D eigenvalue weighted by Gasteiger charge is 2.27. The Labute approximate surface area is 237 Å². The van der Waals surface area contributed by atoms with E-state index >= 15 is 0 Å². The van der Waals surface area contributed by atoms with E-state index in [-0.39, 0.29) is 18.2 Å². The van der Waals surface area contributed by atoms with Crippen LogP contribution in [0.4, 0.5) is 0 Å². The Bertz CT molecular complexity index is 1600. The molecule has 2 N–H and O–H groups in total. The summed E-state index contributed by atoms with van der Waals surface area (Å²) in [5.74, 6) is -0.00594. The summed E-state index contributed by atoms with van der Waals surface area (Å²) in [6.45, 7) is 1.85. The van der Waals surface area contributed by atoms with Gasteiger partial charge in [-0.3, -0.25) is 4.79 Å². The summed E-state index contributed by atoms with van der Waals surface area (Å²) in [7, 11) is 0. The monoisotopic (exact) mass is 585 g/mol. The molecule has 1 amide bonds. The molecule has 2 aromatic heterocycles. The molecule has 0 saturated heterocycles. The molecular formula is C26H19Cl4N7O. The van der Waals surface area contributed by atoms with Crippen molar-refractivity contribution in [2.75, 3.05) is 0 Å². The number of tetrazole rings is 1. The second-order valence-electron chi connectivity index (χ2n) is 8.42. The molecule has 0 saturated carbocycles. The fourth-order valence-corrected chi connectivity index (χ4v) is 4.70. The van der Waals surface area contributed by atoms with Gasteiger partial charge in [0, 0.05) is 22.6 Å². The summed E-state index contributed by atoms with van der Waals surface area (Å²) >= 11 is 25.0. The quantitative estimate of drug-likeness (QED) is 0.220. The second-order valence-corrected chi connectivity index (χ2v) is 10.1. The first-order chi connectivity index (χ1) is 18.3. The summed E-state index contributed by atoms with van der Waals surface area (Å²) in [5.41, 5.74) is 3.59. The molecule has 0 bridgehead atoms. The van der Waals surface area contributed by atoms with Crippen molar-refractivity contribution in [3.8, 4) is 16.9 Å². The van der Waals surface area contributed by atoms with Crippen LogP contribution in [0.1, 0.15) is 40.4 Å². The first-order valence-electron chi connectivity index (χ1n) is 11.4. The number of hydrogen-bond acceptors (Lipinski definition) is 5. The SMILES string of the molecule is CC(NC(=O)c1nn(-c2ccccc2Cl)c(-c2ccc(Cl)cc2)c1Cc1nn[nH]n1)c1ccc(Cl)c(Cl)c1. The number of hydrogen-bond donors (Lipinski definition) is 2. The maximum Gasteiger partial charge on any atom is 0.272 e. The van der Waals surface area contributed by atoms with Crippen LogP contribution in [0.3, 0.4) is 0 Å². The lowest BCUT2D eigenvalue weighted by Gasteiger charge is -2.15. The molecule has 0 aliphatic rings. The smallest absolute Gasteiger partial charge is 0.272 e. The minimum Gasteiger partial charge on any atom is -0.344 e. The van der Waals surface area contributed by atoms with Crippen molar-refractivity contribution >= 4 is 52.3 Å². The van der Waals surface area contributed by atoms with Crippen LogP contribution in [-0.2, 0) is 6.42 Å². The van der Waals surface area contributed by atoms with E-state index < -0.39 is 5.91 Å². The molecule has 5 aromatic rings. The van der Waals surface area contributed by atoms with Crippen molar-refractivity contribution in [2.45, 2.75) is 19.4 Å². The van der Waals surface area contributed by atoms with Gasteiger partial charge in [0.2, 0.25) is 0 Å². The second kappa shape index (κ2) is 11.1. The Morgan fingerprint density at radius 2 is 1.74 bits per heavy atom. The summed E-state index contributed by atoms with van der Waals surface area (Å²) in [6.07, 6.45) is 0.183. The van der Waals surface area contributed by atoms with Crippen LogP contribution < -0.4 is 5.32 Å². The van der Waals surface area contributed by atoms with Gasteiger partial charge in [-0.25, -0.2) is 4.68 Å². The maximum atomic E-state index is 13.7. The third-order valence-corrected chi connectivity index (χ3v) is 7.22. The van der Waals surface area contributed by atoms with Crippen LogP contribution in [-0.4, -0.2) is 36.3 Å². The van der Waals surface area contributed by atoms with E-state index in [0.29, 0.717) is 42.9 Å². The zero-order valence-electron chi connectivity index (χ0n) is 19.8. The highest BCUT2D eigenvalue weighted by molar-refractivity contribution is 6.42. The van der Waals surface area contributed by atoms with Gasteiger partial charge in [-0.15, -0.1) is 10.2 Å². The summed E-state index contributed by atoms with van der Waals surface area (Å²) in [4.78, 5) is 13.7. The number of nitrogens with one attached hydrogen (secondary N) is 2. The zero-order chi connectivity index (χ0) is 26.8. The third-order valence-electron chi connectivity index (χ3n) is 5.91. The Morgan fingerprint density at radius 3 is 2.42 bits per heavy atom. The largest absolute Gasteiger partial charge is 0.344 e. The van der Waals surface area contributed by atoms with Crippen molar-refractivity contribution in [2.24, 2.45) is 0 Å². The first kappa shape index (κ1) is 26.2. The van der Waals surface area contributed by atoms with Crippen molar-refractivity contribution < 1.29 is 4.79 Å². The molecule has 1 atom stereocenters. The number of nitrogens with zero attached hydrogens (tertiary/aromatic N) is 5. The number of benzene rings is 3. The summed E-state index contributed by atoms with van der Waals surface area (Å²) in [6, 6.07) is 19.3. The average Bonchev–Trinajstić information content (AvgIpc) is 3.55. The van der Waals surface area contributed by atoms with Crippen molar-refractivity contribution in [3.63, 3.8) is 0 Å². The number of aromatic amines is 1. The molecule has 192 valence electrons. The van der Waals surface area contributed by atoms with E-state index in [1.807, 2.05) is 37.3 Å². The fraction of sp³-hybridized carbons (Fsp3) is 0.115. The van der Waals surface area contributed by atoms with E-state index in [9.17, 15) is 4.79 Å². The molecule has 12 heteroatoms. The van der Waals surface area contributed by atoms with E-state index in [2.05, 4.69) is 25.9 Å². The van der Waals surface area contributed by atoms with E-state index in [0.717, 1.165) is 11.1 Å². The van der Waals surface area contributed by atoms with Gasteiger partial charge in [0.1, 0.15) is 0 Å². The van der Waals surface area contributed by atoms with Crippen LogP contribution in [0, 0.1) is 0 Å². The molecule has 5 rings (SSSR count). The average molecular weight is 587 g/mol. The standard InChI is InChI=1S/C26H19Cl4N7O/c1-14(16-8-11-19(28)21(30)12-16)31-26(38)24-18(13-23-32-35-36-33-23)25(15-6-9-17(27)10-7-15)37(34-24)22-5-3-2-4-20(22)29/h2-12,14H,13H2,1H3,(H,31,38)(H,32,33,35,36). The van der Waals surface area contributed by atoms with Crippen molar-refractivity contribution in [1.29, 1.82) is 0 Å². The predicted molar refractivity (Wildman–Crippen MR) is 148 cm³/mol. The lowest BCUT2D eigenvalue weighted by atomic mass is 10.0. The van der Waals surface area contributed by atoms with Crippen LogP contribution >= 0.6 is 46.4 Å². The van der Waals surface area contributed by atoms with E-state index in [1.54, 1.807) is 41.1 Å². The van der Waals surface area contributed by atoms with Crippen LogP contribution in [0.15, 0.2) is 66.7 Å². The minimum absolute atomic E-state index is 0.183. The highest BCUT2D eigenvalue weighted by atomic mass is 35.5. The predicted octanol–water partition coefficient (Wildman–Crippen LogP) is 6.75. The van der Waals surface area contributed by atoms with Gasteiger partial charge in [-0.05, 0) is 48.9 Å². The van der Waals surface area contributed by atoms with E-state index in [4.69, 9.17) is 51.5 Å². The Morgan fingerprint density at radius 1 is 0.974 bits per heavy atom. The number of halogens is 4. The van der Waals surface area contributed by atoms with E-state index in [1.165, 1.54) is 0 Å². The molecule has 8 nitrogen and oxygen atoms in total. The number of H-pyrrole nitrogens is 1. The Hall–Kier alpha value is -3.43. The van der Waals surface area contributed by atoms with Gasteiger partial charge in [-0.1, -0.05) is 81.9 Å². The van der Waals surface area contributed by atoms with Gasteiger partial charge in [0.05, 0.1) is 32.5 Å². The van der Waals surface area contributed by atoms with Gasteiger partial charge in [0.25, 0.3) is 5.91 Å². The first-order valence-corrected chi connectivity index (χ1v) is 12.9. The fourth-order valence-electron chi connectivity index (χ4n) is 4.05. The molecule has 2 heterocycles. The van der Waals surface area contributed by atoms with Gasteiger partial charge < -0.3 is 5.32 Å². The number of carbonyl (C=O) groups excluding carboxylic acids is 1. The molecule has 0 aliphatic heterocycles. The molecule has 0 aliphatic carbocycles. The zero-order valence-corrected chi connectivity index (χ0v) is 22.8. The van der Waals surface area contributed by atoms with Gasteiger partial charge in [0.15, 0.2) is 11.5 Å². The van der Waals surface area contributed by atoms with Crippen LogP contribution in [0.5, 0.6) is 0 Å². The Kier molecular flexibility index (Phi) is 7.67. The van der Waals surface area contributed by atoms with Gasteiger partial charge >= 0.3 is 0 Å². The molecule has 0 radical (unpaired) electrons. The Balaban J connectivity index is 1.65. The number of carbonyl (C=O) groups is 1. The van der Waals surface area contributed by atoms with Crippen LogP contribution in [0.2, 0.25) is 20.1 Å². The topological polar surface area (TPSA) is 101 Å². The molecular weight excluding hydrogens is 568 g/mol. The maximum absolute atomic E-state index is 13.7. The summed E-state index contributed by atoms with van der Waals surface area (Å²) < 4.78 is 1.65. The number of aromatic nitrogens is 6. The van der Waals surface area contributed by atoms with Crippen LogP contribution in [0.25, 0.3) is 16.9 Å². The number of amides is 1. The lowest BCUT2D eigenvalue weighted by molar-refractivity contribution is 0.0933. The number of para-hydroxylation sites is 1. The molecule has 38 heavy (non-hydrogen) atoms. The summed E-state index contributed by atoms with van der Waals surface area (Å²) in [5, 5.41) is 23.9. The van der Waals surface area contributed by atoms with Gasteiger partial charge in [-0.2, -0.15) is 10.3 Å². The van der Waals surface area contributed by atoms with Crippen molar-refractivity contribution in [1.82, 2.24) is 35.7 Å². The normalized spacial score (nSPS) is 11.9. The number of rotatable bonds is 7. The third kappa shape index (κ3) is 5.39. The lowest BCUT2D eigenvalue weighted by Crippen LogP contribution is -2.28. The molecule has 3 aromatic carbocycles. The highest BCUT2D eigenvalue weighted by Crippen LogP contribution is 2.34. The molecule has 0 fully saturated rings. The molecule has 1 unspecified atom stereocenters. The minimum atomic E-state index is -0.400.